The molecule has 0 saturated heterocycles. The van der Waals surface area contributed by atoms with Crippen LogP contribution in [-0.4, -0.2) is 23.9 Å². The Morgan fingerprint density at radius 1 is 1.10 bits per heavy atom. The number of amides is 1. The van der Waals surface area contributed by atoms with Gasteiger partial charge in [0, 0.05) is 18.8 Å². The molecule has 0 radical (unpaired) electrons. The van der Waals surface area contributed by atoms with Crippen LogP contribution in [0.5, 0.6) is 0 Å². The number of carbonyl (C=O) groups is 1. The van der Waals surface area contributed by atoms with Crippen molar-refractivity contribution in [1.82, 2.24) is 4.90 Å². The lowest BCUT2D eigenvalue weighted by molar-refractivity contribution is 0.0741. The van der Waals surface area contributed by atoms with E-state index in [0.717, 1.165) is 31.5 Å². The highest BCUT2D eigenvalue weighted by Gasteiger charge is 2.20. The minimum atomic E-state index is 0.0758. The summed E-state index contributed by atoms with van der Waals surface area (Å²) in [6, 6.07) is 5.66. The van der Waals surface area contributed by atoms with E-state index >= 15 is 0 Å². The van der Waals surface area contributed by atoms with Crippen molar-refractivity contribution in [3.8, 4) is 0 Å². The van der Waals surface area contributed by atoms with Crippen LogP contribution >= 0.6 is 0 Å². The molecule has 0 aliphatic heterocycles. The smallest absolute Gasteiger partial charge is 0.256 e. The molecule has 1 rings (SSSR count). The van der Waals surface area contributed by atoms with Crippen LogP contribution < -0.4 is 5.73 Å². The van der Waals surface area contributed by atoms with E-state index in [1.165, 1.54) is 0 Å². The molecule has 0 spiro atoms. The van der Waals surface area contributed by atoms with Crippen LogP contribution in [-0.2, 0) is 0 Å². The van der Waals surface area contributed by atoms with Gasteiger partial charge < -0.3 is 10.6 Å². The minimum absolute atomic E-state index is 0.0758. The van der Waals surface area contributed by atoms with Crippen LogP contribution in [0.4, 0.5) is 5.69 Å². The first-order chi connectivity index (χ1) is 9.82. The Bertz CT molecular complexity index is 434. The Hall–Kier alpha value is -1.51. The quantitative estimate of drug-likeness (QED) is 0.768. The van der Waals surface area contributed by atoms with Gasteiger partial charge in [0.2, 0.25) is 0 Å². The molecule has 0 saturated carbocycles. The summed E-state index contributed by atoms with van der Waals surface area (Å²) < 4.78 is 0. The number of anilines is 1. The molecule has 0 aromatic heterocycles. The second kappa shape index (κ2) is 8.06. The van der Waals surface area contributed by atoms with E-state index in [4.69, 9.17) is 5.73 Å². The fourth-order valence-electron chi connectivity index (χ4n) is 2.28. The standard InChI is InChI=1S/C18H30N2O/c1-13(2)9-11-20(12-10-14(3)4)18(21)17-15(5)7-6-8-16(17)19/h6-8,13-14H,9-12,19H2,1-5H3. The molecule has 0 aliphatic carbocycles. The Kier molecular flexibility index (Phi) is 6.73. The van der Waals surface area contributed by atoms with Crippen molar-refractivity contribution in [2.75, 3.05) is 18.8 Å². The number of nitrogens with zero attached hydrogens (tertiary/aromatic N) is 1. The number of hydrogen-bond acceptors (Lipinski definition) is 2. The van der Waals surface area contributed by atoms with Gasteiger partial charge in [0.25, 0.3) is 5.91 Å². The predicted octanol–water partition coefficient (Wildman–Crippen LogP) is 4.11. The Morgan fingerprint density at radius 3 is 2.05 bits per heavy atom. The Morgan fingerprint density at radius 2 is 1.62 bits per heavy atom. The summed E-state index contributed by atoms with van der Waals surface area (Å²) >= 11 is 0. The van der Waals surface area contributed by atoms with E-state index in [0.29, 0.717) is 23.1 Å². The summed E-state index contributed by atoms with van der Waals surface area (Å²) in [5, 5.41) is 0. The van der Waals surface area contributed by atoms with Crippen LogP contribution in [0.25, 0.3) is 0 Å². The third-order valence-electron chi connectivity index (χ3n) is 3.76. The average molecular weight is 290 g/mol. The monoisotopic (exact) mass is 290 g/mol. The van der Waals surface area contributed by atoms with Gasteiger partial charge in [0.1, 0.15) is 0 Å². The number of benzene rings is 1. The molecule has 118 valence electrons. The van der Waals surface area contributed by atoms with Crippen molar-refractivity contribution in [2.45, 2.75) is 47.5 Å². The lowest BCUT2D eigenvalue weighted by atomic mass is 10.0. The van der Waals surface area contributed by atoms with Crippen molar-refractivity contribution in [1.29, 1.82) is 0 Å². The topological polar surface area (TPSA) is 46.3 Å². The molecule has 0 heterocycles. The van der Waals surface area contributed by atoms with E-state index in [-0.39, 0.29) is 5.91 Å². The van der Waals surface area contributed by atoms with Gasteiger partial charge in [-0.05, 0) is 43.2 Å². The first-order valence-corrected chi connectivity index (χ1v) is 7.97. The number of carbonyl (C=O) groups excluding carboxylic acids is 1. The number of aryl methyl sites for hydroxylation is 1. The summed E-state index contributed by atoms with van der Waals surface area (Å²) in [5.74, 6) is 1.26. The van der Waals surface area contributed by atoms with Gasteiger partial charge in [-0.25, -0.2) is 0 Å². The maximum absolute atomic E-state index is 12.9. The van der Waals surface area contributed by atoms with Crippen molar-refractivity contribution in [2.24, 2.45) is 11.8 Å². The number of hydrogen-bond donors (Lipinski definition) is 1. The van der Waals surface area contributed by atoms with Crippen molar-refractivity contribution < 1.29 is 4.79 Å². The zero-order valence-electron chi connectivity index (χ0n) is 14.1. The molecule has 3 nitrogen and oxygen atoms in total. The molecule has 21 heavy (non-hydrogen) atoms. The van der Waals surface area contributed by atoms with Crippen molar-refractivity contribution in [3.05, 3.63) is 29.3 Å². The van der Waals surface area contributed by atoms with E-state index in [1.54, 1.807) is 0 Å². The third-order valence-corrected chi connectivity index (χ3v) is 3.76. The van der Waals surface area contributed by atoms with E-state index in [9.17, 15) is 4.79 Å². The molecule has 1 aromatic rings. The van der Waals surface area contributed by atoms with Gasteiger partial charge in [0.05, 0.1) is 5.56 Å². The molecule has 0 atom stereocenters. The van der Waals surface area contributed by atoms with Crippen LogP contribution in [0.15, 0.2) is 18.2 Å². The second-order valence-electron chi connectivity index (χ2n) is 6.70. The van der Waals surface area contributed by atoms with Crippen molar-refractivity contribution >= 4 is 11.6 Å². The largest absolute Gasteiger partial charge is 0.398 e. The zero-order chi connectivity index (χ0) is 16.0. The molecule has 1 aromatic carbocycles. The minimum Gasteiger partial charge on any atom is -0.398 e. The van der Waals surface area contributed by atoms with E-state index in [2.05, 4.69) is 27.7 Å². The van der Waals surface area contributed by atoms with Crippen LogP contribution in [0.1, 0.15) is 56.5 Å². The summed E-state index contributed by atoms with van der Waals surface area (Å²) in [6.07, 6.45) is 2.05. The number of nitrogens with two attached hydrogens (primary N) is 1. The molecule has 0 fully saturated rings. The van der Waals surface area contributed by atoms with Gasteiger partial charge in [0.15, 0.2) is 0 Å². The summed E-state index contributed by atoms with van der Waals surface area (Å²) in [4.78, 5) is 14.8. The highest BCUT2D eigenvalue weighted by Crippen LogP contribution is 2.20. The molecular weight excluding hydrogens is 260 g/mol. The Labute approximate surface area is 129 Å². The molecular formula is C18H30N2O. The molecule has 1 amide bonds. The van der Waals surface area contributed by atoms with Crippen LogP contribution in [0, 0.1) is 18.8 Å². The number of rotatable bonds is 7. The normalized spacial score (nSPS) is 11.2. The molecule has 0 unspecified atom stereocenters. The number of nitrogen functional groups attached to an aromatic ring is 1. The SMILES string of the molecule is Cc1cccc(N)c1C(=O)N(CCC(C)C)CCC(C)C. The van der Waals surface area contributed by atoms with E-state index in [1.807, 2.05) is 30.0 Å². The van der Waals surface area contributed by atoms with Crippen molar-refractivity contribution in [3.63, 3.8) is 0 Å². The fraction of sp³-hybridized carbons (Fsp3) is 0.611. The maximum atomic E-state index is 12.9. The van der Waals surface area contributed by atoms with Gasteiger partial charge in [-0.1, -0.05) is 39.8 Å². The second-order valence-corrected chi connectivity index (χ2v) is 6.70. The van der Waals surface area contributed by atoms with Gasteiger partial charge in [-0.2, -0.15) is 0 Å². The summed E-state index contributed by atoms with van der Waals surface area (Å²) in [7, 11) is 0. The van der Waals surface area contributed by atoms with Crippen LogP contribution in [0.2, 0.25) is 0 Å². The predicted molar refractivity (Wildman–Crippen MR) is 90.4 cm³/mol. The molecule has 2 N–H and O–H groups in total. The van der Waals surface area contributed by atoms with Gasteiger partial charge in [-0.3, -0.25) is 4.79 Å². The zero-order valence-corrected chi connectivity index (χ0v) is 14.1. The summed E-state index contributed by atoms with van der Waals surface area (Å²) in [6.45, 7) is 12.3. The first-order valence-electron chi connectivity index (χ1n) is 7.97. The van der Waals surface area contributed by atoms with Crippen LogP contribution in [0.3, 0.4) is 0 Å². The molecule has 3 heteroatoms. The Balaban J connectivity index is 2.92. The summed E-state index contributed by atoms with van der Waals surface area (Å²) in [5.41, 5.74) is 8.24. The van der Waals surface area contributed by atoms with Gasteiger partial charge >= 0.3 is 0 Å². The van der Waals surface area contributed by atoms with Gasteiger partial charge in [-0.15, -0.1) is 0 Å². The highest BCUT2D eigenvalue weighted by atomic mass is 16.2. The molecule has 0 aliphatic rings. The lowest BCUT2D eigenvalue weighted by Gasteiger charge is -2.26. The average Bonchev–Trinajstić information content (AvgIpc) is 2.37. The first kappa shape index (κ1) is 17.5. The molecule has 0 bridgehead atoms. The fourth-order valence-corrected chi connectivity index (χ4v) is 2.28. The highest BCUT2D eigenvalue weighted by molar-refractivity contribution is 6.00. The van der Waals surface area contributed by atoms with E-state index < -0.39 is 0 Å². The lowest BCUT2D eigenvalue weighted by Crippen LogP contribution is -2.35. The third kappa shape index (κ3) is 5.41. The maximum Gasteiger partial charge on any atom is 0.256 e.